The molecule has 0 aromatic rings. The van der Waals surface area contributed by atoms with Gasteiger partial charge in [-0.15, -0.1) is 0 Å². The fraction of sp³-hybridized carbons (Fsp3) is 0.625. The molecule has 0 saturated carbocycles. The molecular weight excluding hydrogens is 172 g/mol. The number of ether oxygens (including phenoxy) is 1. The van der Waals surface area contributed by atoms with Crippen molar-refractivity contribution in [2.45, 2.75) is 26.4 Å². The molecule has 3 nitrogen and oxygen atoms in total. The molecule has 1 atom stereocenters. The van der Waals surface area contributed by atoms with Gasteiger partial charge >= 0.3 is 5.97 Å². The van der Waals surface area contributed by atoms with Crippen LogP contribution in [-0.2, 0) is 14.0 Å². The molecule has 0 heterocycles. The summed E-state index contributed by atoms with van der Waals surface area (Å²) in [4.78, 5) is 11.0. The van der Waals surface area contributed by atoms with Crippen LogP contribution < -0.4 is 0 Å². The zero-order valence-electron chi connectivity index (χ0n) is 7.92. The maximum Gasteiger partial charge on any atom is 0.333 e. The summed E-state index contributed by atoms with van der Waals surface area (Å²) >= 11 is 0. The highest BCUT2D eigenvalue weighted by atomic mass is 28.2. The average molecular weight is 188 g/mol. The van der Waals surface area contributed by atoms with Crippen molar-refractivity contribution in [2.24, 2.45) is 0 Å². The summed E-state index contributed by atoms with van der Waals surface area (Å²) in [5, 5.41) is 0. The SMILES string of the molecule is C=C(C)C(=O)OC(CC)CO[SiH3]. The van der Waals surface area contributed by atoms with E-state index in [2.05, 4.69) is 6.58 Å². The van der Waals surface area contributed by atoms with Crippen molar-refractivity contribution < 1.29 is 14.0 Å². The van der Waals surface area contributed by atoms with Crippen LogP contribution in [0.5, 0.6) is 0 Å². The molecule has 0 aromatic heterocycles. The van der Waals surface area contributed by atoms with Crippen molar-refractivity contribution in [3.63, 3.8) is 0 Å². The van der Waals surface area contributed by atoms with Crippen LogP contribution in [0.3, 0.4) is 0 Å². The molecule has 0 bridgehead atoms. The summed E-state index contributed by atoms with van der Waals surface area (Å²) in [6.07, 6.45) is 0.660. The standard InChI is InChI=1S/C8H16O3Si/c1-4-7(5-10-12)11-8(9)6(2)3/h7H,2,4-5H2,1,3,12H3. The second-order valence-electron chi connectivity index (χ2n) is 2.67. The third-order valence-electron chi connectivity index (χ3n) is 1.43. The zero-order chi connectivity index (χ0) is 9.56. The van der Waals surface area contributed by atoms with E-state index >= 15 is 0 Å². The predicted octanol–water partition coefficient (Wildman–Crippen LogP) is 0.181. The fourth-order valence-corrected chi connectivity index (χ4v) is 1.04. The van der Waals surface area contributed by atoms with Crippen LogP contribution in [0.25, 0.3) is 0 Å². The summed E-state index contributed by atoms with van der Waals surface area (Å²) < 4.78 is 10.1. The number of esters is 1. The van der Waals surface area contributed by atoms with Gasteiger partial charge in [0.2, 0.25) is 0 Å². The van der Waals surface area contributed by atoms with E-state index in [1.54, 1.807) is 6.92 Å². The van der Waals surface area contributed by atoms with E-state index in [-0.39, 0.29) is 12.1 Å². The maximum atomic E-state index is 11.0. The van der Waals surface area contributed by atoms with Gasteiger partial charge in [-0.05, 0) is 13.3 Å². The molecule has 0 fully saturated rings. The maximum absolute atomic E-state index is 11.0. The van der Waals surface area contributed by atoms with E-state index in [4.69, 9.17) is 9.16 Å². The van der Waals surface area contributed by atoms with Crippen molar-refractivity contribution in [1.29, 1.82) is 0 Å². The molecular formula is C8H16O3Si. The largest absolute Gasteiger partial charge is 0.457 e. The van der Waals surface area contributed by atoms with E-state index in [9.17, 15) is 4.79 Å². The van der Waals surface area contributed by atoms with Crippen molar-refractivity contribution >= 4 is 16.5 Å². The highest BCUT2D eigenvalue weighted by molar-refractivity contribution is 5.98. The second kappa shape index (κ2) is 5.96. The van der Waals surface area contributed by atoms with Crippen molar-refractivity contribution in [3.05, 3.63) is 12.2 Å². The van der Waals surface area contributed by atoms with Gasteiger partial charge in [0.1, 0.15) is 16.6 Å². The molecule has 0 aliphatic heterocycles. The van der Waals surface area contributed by atoms with Gasteiger partial charge < -0.3 is 9.16 Å². The average Bonchev–Trinajstić information content (AvgIpc) is 2.03. The quantitative estimate of drug-likeness (QED) is 0.351. The minimum absolute atomic E-state index is 0.119. The molecule has 0 aliphatic carbocycles. The molecule has 0 rings (SSSR count). The van der Waals surface area contributed by atoms with Gasteiger partial charge in [-0.2, -0.15) is 0 Å². The Hall–Kier alpha value is -0.613. The van der Waals surface area contributed by atoms with Crippen molar-refractivity contribution in [1.82, 2.24) is 0 Å². The summed E-state index contributed by atoms with van der Waals surface area (Å²) in [6.45, 7) is 7.59. The molecule has 0 radical (unpaired) electrons. The molecule has 0 aromatic carbocycles. The summed E-state index contributed by atoms with van der Waals surface area (Å²) in [7, 11) is 0.674. The molecule has 1 unspecified atom stereocenters. The summed E-state index contributed by atoms with van der Waals surface area (Å²) in [5.74, 6) is -0.333. The number of hydrogen-bond donors (Lipinski definition) is 0. The number of carbonyl (C=O) groups is 1. The van der Waals surface area contributed by atoms with Crippen LogP contribution in [0.2, 0.25) is 0 Å². The van der Waals surface area contributed by atoms with E-state index in [0.717, 1.165) is 6.42 Å². The Balaban J connectivity index is 3.85. The van der Waals surface area contributed by atoms with Crippen LogP contribution in [-0.4, -0.2) is 29.2 Å². The highest BCUT2D eigenvalue weighted by Crippen LogP contribution is 2.02. The third kappa shape index (κ3) is 4.30. The van der Waals surface area contributed by atoms with E-state index in [1.165, 1.54) is 0 Å². The summed E-state index contributed by atoms with van der Waals surface area (Å²) in [5.41, 5.74) is 0.432. The van der Waals surface area contributed by atoms with Gasteiger partial charge in [-0.1, -0.05) is 13.5 Å². The molecule has 0 spiro atoms. The van der Waals surface area contributed by atoms with Crippen LogP contribution in [0.15, 0.2) is 12.2 Å². The summed E-state index contributed by atoms with van der Waals surface area (Å²) in [6, 6.07) is 0. The molecule has 0 aliphatic rings. The fourth-order valence-electron chi connectivity index (χ4n) is 0.673. The molecule has 0 saturated heterocycles. The Morgan fingerprint density at radius 2 is 2.25 bits per heavy atom. The molecule has 0 amide bonds. The smallest absolute Gasteiger partial charge is 0.333 e. The van der Waals surface area contributed by atoms with Crippen molar-refractivity contribution in [3.8, 4) is 0 Å². The van der Waals surface area contributed by atoms with Crippen LogP contribution in [0.1, 0.15) is 20.3 Å². The predicted molar refractivity (Wildman–Crippen MR) is 50.9 cm³/mol. The van der Waals surface area contributed by atoms with Gasteiger partial charge in [0.05, 0.1) is 6.61 Å². The van der Waals surface area contributed by atoms with Crippen LogP contribution in [0, 0.1) is 0 Å². The minimum atomic E-state index is -0.333. The Labute approximate surface area is 76.3 Å². The lowest BCUT2D eigenvalue weighted by molar-refractivity contribution is -0.145. The molecule has 12 heavy (non-hydrogen) atoms. The Morgan fingerprint density at radius 3 is 2.58 bits per heavy atom. The van der Waals surface area contributed by atoms with Gasteiger partial charge in [0.25, 0.3) is 0 Å². The highest BCUT2D eigenvalue weighted by Gasteiger charge is 2.11. The Morgan fingerprint density at radius 1 is 1.67 bits per heavy atom. The first-order chi connectivity index (χ1) is 5.61. The third-order valence-corrected chi connectivity index (χ3v) is 1.76. The second-order valence-corrected chi connectivity index (χ2v) is 3.25. The molecule has 70 valence electrons. The van der Waals surface area contributed by atoms with Gasteiger partial charge in [-0.25, -0.2) is 4.79 Å². The van der Waals surface area contributed by atoms with Crippen LogP contribution >= 0.6 is 0 Å². The van der Waals surface area contributed by atoms with E-state index < -0.39 is 0 Å². The van der Waals surface area contributed by atoms with E-state index in [0.29, 0.717) is 22.7 Å². The Bertz CT molecular complexity index is 168. The van der Waals surface area contributed by atoms with Crippen molar-refractivity contribution in [2.75, 3.05) is 6.61 Å². The van der Waals surface area contributed by atoms with Crippen LogP contribution in [0.4, 0.5) is 0 Å². The number of carbonyl (C=O) groups excluding carboxylic acids is 1. The molecule has 4 heteroatoms. The van der Waals surface area contributed by atoms with E-state index in [1.807, 2.05) is 6.92 Å². The lowest BCUT2D eigenvalue weighted by Gasteiger charge is -2.14. The first-order valence-corrected chi connectivity index (χ1v) is 4.78. The minimum Gasteiger partial charge on any atom is -0.457 e. The topological polar surface area (TPSA) is 35.5 Å². The lowest BCUT2D eigenvalue weighted by Crippen LogP contribution is -2.22. The Kier molecular flexibility index (Phi) is 5.66. The first-order valence-electron chi connectivity index (χ1n) is 3.97. The normalized spacial score (nSPS) is 12.5. The number of rotatable bonds is 5. The monoisotopic (exact) mass is 188 g/mol. The van der Waals surface area contributed by atoms with Gasteiger partial charge in [0, 0.05) is 5.57 Å². The molecule has 0 N–H and O–H groups in total. The lowest BCUT2D eigenvalue weighted by atomic mass is 10.3. The van der Waals surface area contributed by atoms with Gasteiger partial charge in [-0.3, -0.25) is 0 Å². The number of hydrogen-bond acceptors (Lipinski definition) is 3. The van der Waals surface area contributed by atoms with Gasteiger partial charge in [0.15, 0.2) is 0 Å². The first kappa shape index (κ1) is 11.4. The zero-order valence-corrected chi connectivity index (χ0v) is 9.92.